The van der Waals surface area contributed by atoms with Gasteiger partial charge in [0.2, 0.25) is 0 Å². The lowest BCUT2D eigenvalue weighted by atomic mass is 9.89. The number of nitrogens with one attached hydrogen (secondary N) is 2. The molecular formula is C15H18BrN3. The molecule has 0 aliphatic carbocycles. The van der Waals surface area contributed by atoms with Crippen LogP contribution >= 0.6 is 15.9 Å². The number of nitrogens with zero attached hydrogens (tertiary/aromatic N) is 1. The predicted molar refractivity (Wildman–Crippen MR) is 80.2 cm³/mol. The third-order valence-electron chi connectivity index (χ3n) is 4.55. The molecule has 2 saturated heterocycles. The third-order valence-corrected chi connectivity index (χ3v) is 5.04. The van der Waals surface area contributed by atoms with E-state index in [1.54, 1.807) is 0 Å². The Balaban J connectivity index is 1.54. The van der Waals surface area contributed by atoms with Crippen LogP contribution in [0.15, 0.2) is 22.7 Å². The highest BCUT2D eigenvalue weighted by Gasteiger charge is 2.33. The van der Waals surface area contributed by atoms with Crippen molar-refractivity contribution in [1.82, 2.24) is 15.3 Å². The molecule has 100 valence electrons. The zero-order chi connectivity index (χ0) is 12.8. The summed E-state index contributed by atoms with van der Waals surface area (Å²) in [5.41, 5.74) is 2.22. The number of fused-ring (bicyclic) bond motifs is 3. The van der Waals surface area contributed by atoms with E-state index in [2.05, 4.69) is 44.4 Å². The average Bonchev–Trinajstić information content (AvgIpc) is 2.92. The molecule has 0 spiro atoms. The van der Waals surface area contributed by atoms with E-state index in [1.807, 2.05) is 0 Å². The average molecular weight is 320 g/mol. The number of imidazole rings is 1. The minimum absolute atomic E-state index is 0.766. The molecule has 2 fully saturated rings. The largest absolute Gasteiger partial charge is 0.342 e. The minimum Gasteiger partial charge on any atom is -0.342 e. The van der Waals surface area contributed by atoms with Crippen molar-refractivity contribution in [2.45, 2.75) is 44.2 Å². The van der Waals surface area contributed by atoms with Crippen molar-refractivity contribution < 1.29 is 0 Å². The Hall–Kier alpha value is -0.870. The molecule has 2 aliphatic heterocycles. The first-order valence-corrected chi connectivity index (χ1v) is 7.96. The number of hydrogen-bond acceptors (Lipinski definition) is 2. The predicted octanol–water partition coefficient (Wildman–Crippen LogP) is 3.40. The number of benzene rings is 1. The van der Waals surface area contributed by atoms with Crippen molar-refractivity contribution in [3.63, 3.8) is 0 Å². The molecule has 2 aromatic rings. The van der Waals surface area contributed by atoms with Crippen LogP contribution < -0.4 is 5.32 Å². The van der Waals surface area contributed by atoms with Crippen LogP contribution in [-0.4, -0.2) is 22.1 Å². The lowest BCUT2D eigenvalue weighted by molar-refractivity contribution is 0.295. The standard InChI is InChI=1S/C15H18BrN3/c16-10-1-4-13-14(8-10)19-15(18-13)7-9-5-11-2-3-12(6-9)17-11/h1,4,8-9,11-12,17H,2-3,5-7H2,(H,18,19). The van der Waals surface area contributed by atoms with Gasteiger partial charge >= 0.3 is 0 Å². The van der Waals surface area contributed by atoms with Gasteiger partial charge in [-0.3, -0.25) is 0 Å². The highest BCUT2D eigenvalue weighted by molar-refractivity contribution is 9.10. The van der Waals surface area contributed by atoms with Crippen molar-refractivity contribution in [3.8, 4) is 0 Å². The van der Waals surface area contributed by atoms with Crippen molar-refractivity contribution in [2.24, 2.45) is 5.92 Å². The Morgan fingerprint density at radius 2 is 2.00 bits per heavy atom. The Kier molecular flexibility index (Phi) is 2.88. The van der Waals surface area contributed by atoms with E-state index in [0.29, 0.717) is 0 Å². The summed E-state index contributed by atoms with van der Waals surface area (Å²) in [5, 5.41) is 3.70. The smallest absolute Gasteiger partial charge is 0.107 e. The molecule has 2 N–H and O–H groups in total. The normalized spacial score (nSPS) is 30.1. The number of hydrogen-bond donors (Lipinski definition) is 2. The quantitative estimate of drug-likeness (QED) is 0.890. The minimum atomic E-state index is 0.766. The summed E-state index contributed by atoms with van der Waals surface area (Å²) >= 11 is 3.51. The van der Waals surface area contributed by atoms with Gasteiger partial charge in [-0.1, -0.05) is 15.9 Å². The zero-order valence-corrected chi connectivity index (χ0v) is 12.4. The second-order valence-corrected chi connectivity index (χ2v) is 6.94. The Bertz CT molecular complexity index is 594. The van der Waals surface area contributed by atoms with Crippen LogP contribution in [0.3, 0.4) is 0 Å². The number of aromatic amines is 1. The van der Waals surface area contributed by atoms with Crippen molar-refractivity contribution in [1.29, 1.82) is 0 Å². The summed E-state index contributed by atoms with van der Waals surface area (Å²) in [4.78, 5) is 8.19. The van der Waals surface area contributed by atoms with Crippen LogP contribution in [0.5, 0.6) is 0 Å². The van der Waals surface area contributed by atoms with Crippen LogP contribution in [0, 0.1) is 5.92 Å². The van der Waals surface area contributed by atoms with Gasteiger partial charge in [-0.15, -0.1) is 0 Å². The maximum atomic E-state index is 4.72. The van der Waals surface area contributed by atoms with E-state index in [0.717, 1.165) is 45.8 Å². The molecule has 4 rings (SSSR count). The highest BCUT2D eigenvalue weighted by atomic mass is 79.9. The number of rotatable bonds is 2. The van der Waals surface area contributed by atoms with Gasteiger partial charge in [0.1, 0.15) is 5.82 Å². The van der Waals surface area contributed by atoms with Crippen LogP contribution in [0.4, 0.5) is 0 Å². The van der Waals surface area contributed by atoms with Crippen molar-refractivity contribution >= 4 is 27.0 Å². The van der Waals surface area contributed by atoms with E-state index >= 15 is 0 Å². The summed E-state index contributed by atoms with van der Waals surface area (Å²) in [6.45, 7) is 0. The van der Waals surface area contributed by atoms with Gasteiger partial charge in [0.05, 0.1) is 11.0 Å². The molecule has 0 radical (unpaired) electrons. The third kappa shape index (κ3) is 2.32. The summed E-state index contributed by atoms with van der Waals surface area (Å²) in [5.74, 6) is 1.95. The van der Waals surface area contributed by atoms with Crippen molar-refractivity contribution in [2.75, 3.05) is 0 Å². The maximum absolute atomic E-state index is 4.72. The lowest BCUT2D eigenvalue weighted by Gasteiger charge is -2.28. The fraction of sp³-hybridized carbons (Fsp3) is 0.533. The number of halogens is 1. The van der Waals surface area contributed by atoms with Crippen LogP contribution in [-0.2, 0) is 6.42 Å². The van der Waals surface area contributed by atoms with Gasteiger partial charge in [-0.25, -0.2) is 4.98 Å². The number of aromatic nitrogens is 2. The molecule has 2 unspecified atom stereocenters. The molecule has 19 heavy (non-hydrogen) atoms. The second kappa shape index (κ2) is 4.60. The monoisotopic (exact) mass is 319 g/mol. The van der Waals surface area contributed by atoms with Crippen molar-refractivity contribution in [3.05, 3.63) is 28.5 Å². The molecule has 2 atom stereocenters. The fourth-order valence-corrected chi connectivity index (χ4v) is 4.11. The summed E-state index contributed by atoms with van der Waals surface area (Å²) in [6, 6.07) is 7.77. The zero-order valence-electron chi connectivity index (χ0n) is 10.8. The van der Waals surface area contributed by atoms with Crippen LogP contribution in [0.25, 0.3) is 11.0 Å². The van der Waals surface area contributed by atoms with E-state index in [9.17, 15) is 0 Å². The molecule has 2 aliphatic rings. The SMILES string of the molecule is Brc1ccc2nc(CC3CC4CCC(C3)N4)[nH]c2c1. The highest BCUT2D eigenvalue weighted by Crippen LogP contribution is 2.32. The van der Waals surface area contributed by atoms with Gasteiger partial charge in [-0.05, 0) is 49.8 Å². The Morgan fingerprint density at radius 3 is 2.79 bits per heavy atom. The van der Waals surface area contributed by atoms with Crippen LogP contribution in [0.1, 0.15) is 31.5 Å². The van der Waals surface area contributed by atoms with Gasteiger partial charge in [0.15, 0.2) is 0 Å². The summed E-state index contributed by atoms with van der Waals surface area (Å²) in [7, 11) is 0. The van der Waals surface area contributed by atoms with Gasteiger partial charge in [-0.2, -0.15) is 0 Å². The molecule has 3 nitrogen and oxygen atoms in total. The molecular weight excluding hydrogens is 302 g/mol. The van der Waals surface area contributed by atoms with Gasteiger partial charge in [0, 0.05) is 23.0 Å². The molecule has 3 heterocycles. The fourth-order valence-electron chi connectivity index (χ4n) is 3.75. The second-order valence-electron chi connectivity index (χ2n) is 6.02. The number of H-pyrrole nitrogens is 1. The lowest BCUT2D eigenvalue weighted by Crippen LogP contribution is -2.38. The first kappa shape index (κ1) is 11.9. The first-order chi connectivity index (χ1) is 9.26. The molecule has 1 aromatic carbocycles. The van der Waals surface area contributed by atoms with E-state index in [1.165, 1.54) is 25.7 Å². The molecule has 0 amide bonds. The number of piperidine rings is 1. The van der Waals surface area contributed by atoms with E-state index in [-0.39, 0.29) is 0 Å². The molecule has 4 heteroatoms. The first-order valence-electron chi connectivity index (χ1n) is 7.16. The Labute approximate surface area is 121 Å². The maximum Gasteiger partial charge on any atom is 0.107 e. The summed E-state index contributed by atoms with van der Waals surface area (Å²) < 4.78 is 1.11. The van der Waals surface area contributed by atoms with E-state index < -0.39 is 0 Å². The molecule has 2 bridgehead atoms. The topological polar surface area (TPSA) is 40.7 Å². The van der Waals surface area contributed by atoms with E-state index in [4.69, 9.17) is 4.98 Å². The molecule has 1 aromatic heterocycles. The van der Waals surface area contributed by atoms with Crippen LogP contribution in [0.2, 0.25) is 0 Å². The van der Waals surface area contributed by atoms with Gasteiger partial charge < -0.3 is 10.3 Å². The Morgan fingerprint density at radius 1 is 1.21 bits per heavy atom. The van der Waals surface area contributed by atoms with Gasteiger partial charge in [0.25, 0.3) is 0 Å². The molecule has 0 saturated carbocycles. The summed E-state index contributed by atoms with van der Waals surface area (Å²) in [6.07, 6.45) is 6.47.